The fourth-order valence-electron chi connectivity index (χ4n) is 1.35. The highest BCUT2D eigenvalue weighted by molar-refractivity contribution is 6.30. The van der Waals surface area contributed by atoms with E-state index in [1.54, 1.807) is 19.2 Å². The highest BCUT2D eigenvalue weighted by atomic mass is 35.5. The molecule has 0 heterocycles. The Balaban J connectivity index is 2.63. The molecular formula is C13H16ClFN2O. The van der Waals surface area contributed by atoms with Gasteiger partial charge in [-0.05, 0) is 24.6 Å². The van der Waals surface area contributed by atoms with E-state index in [1.807, 2.05) is 6.92 Å². The fourth-order valence-corrected chi connectivity index (χ4v) is 1.47. The number of halogens is 2. The highest BCUT2D eigenvalue weighted by Gasteiger charge is 2.11. The molecule has 0 aliphatic carbocycles. The maximum Gasteiger partial charge on any atom is 0.317 e. The van der Waals surface area contributed by atoms with E-state index in [4.69, 9.17) is 11.6 Å². The van der Waals surface area contributed by atoms with Gasteiger partial charge in [0, 0.05) is 19.6 Å². The van der Waals surface area contributed by atoms with Crippen LogP contribution in [0.3, 0.4) is 0 Å². The Morgan fingerprint density at radius 1 is 1.67 bits per heavy atom. The number of nitrogens with one attached hydrogen (secondary N) is 1. The first-order valence-electron chi connectivity index (χ1n) is 5.52. The van der Waals surface area contributed by atoms with Crippen molar-refractivity contribution in [1.29, 1.82) is 0 Å². The Kier molecular flexibility index (Phi) is 5.16. The number of amides is 2. The summed E-state index contributed by atoms with van der Waals surface area (Å²) in [5.41, 5.74) is 0.681. The molecule has 18 heavy (non-hydrogen) atoms. The van der Waals surface area contributed by atoms with Crippen LogP contribution in [0.2, 0.25) is 5.02 Å². The summed E-state index contributed by atoms with van der Waals surface area (Å²) >= 11 is 5.59. The van der Waals surface area contributed by atoms with Crippen molar-refractivity contribution in [1.82, 2.24) is 10.2 Å². The molecule has 0 aliphatic heterocycles. The first-order chi connectivity index (χ1) is 8.43. The van der Waals surface area contributed by atoms with Gasteiger partial charge in [-0.1, -0.05) is 23.7 Å². The predicted molar refractivity (Wildman–Crippen MR) is 71.1 cm³/mol. The number of carbonyl (C=O) groups is 1. The van der Waals surface area contributed by atoms with E-state index >= 15 is 0 Å². The van der Waals surface area contributed by atoms with Gasteiger partial charge in [0.1, 0.15) is 5.82 Å². The summed E-state index contributed by atoms with van der Waals surface area (Å²) in [6.45, 7) is 5.71. The van der Waals surface area contributed by atoms with Gasteiger partial charge in [-0.2, -0.15) is 0 Å². The monoisotopic (exact) mass is 270 g/mol. The summed E-state index contributed by atoms with van der Waals surface area (Å²) in [6.07, 6.45) is 1.63. The second kappa shape index (κ2) is 6.40. The van der Waals surface area contributed by atoms with Crippen LogP contribution in [0.4, 0.5) is 9.18 Å². The Morgan fingerprint density at radius 2 is 2.33 bits per heavy atom. The van der Waals surface area contributed by atoms with Crippen LogP contribution in [-0.4, -0.2) is 24.0 Å². The van der Waals surface area contributed by atoms with Crippen LogP contribution in [0, 0.1) is 5.82 Å². The number of benzene rings is 1. The molecule has 0 spiro atoms. The summed E-state index contributed by atoms with van der Waals surface area (Å²) in [4.78, 5) is 13.2. The van der Waals surface area contributed by atoms with Gasteiger partial charge in [0.15, 0.2) is 0 Å². The minimum absolute atomic E-state index is 0.0751. The van der Waals surface area contributed by atoms with Crippen molar-refractivity contribution in [3.8, 4) is 0 Å². The molecule has 1 aromatic carbocycles. The summed E-state index contributed by atoms with van der Waals surface area (Å²) < 4.78 is 13.2. The van der Waals surface area contributed by atoms with Gasteiger partial charge < -0.3 is 10.2 Å². The van der Waals surface area contributed by atoms with Gasteiger partial charge in [-0.25, -0.2) is 9.18 Å². The molecule has 2 amide bonds. The Morgan fingerprint density at radius 3 is 2.89 bits per heavy atom. The second-order valence-electron chi connectivity index (χ2n) is 4.08. The van der Waals surface area contributed by atoms with Gasteiger partial charge in [-0.3, -0.25) is 0 Å². The number of rotatable bonds is 4. The van der Waals surface area contributed by atoms with Crippen molar-refractivity contribution < 1.29 is 9.18 Å². The van der Waals surface area contributed by atoms with Crippen LogP contribution >= 0.6 is 11.6 Å². The summed E-state index contributed by atoms with van der Waals surface area (Å²) in [6, 6.07) is 4.14. The third-order valence-electron chi connectivity index (χ3n) is 2.46. The molecule has 3 nitrogen and oxygen atoms in total. The number of hydrogen-bond donors (Lipinski definition) is 1. The SMILES string of the molecule is C=C[C@H](C)NC(=O)N(C)Cc1ccc(Cl)c(F)c1. The third-order valence-corrected chi connectivity index (χ3v) is 2.76. The molecule has 0 saturated carbocycles. The molecule has 0 bridgehead atoms. The minimum Gasteiger partial charge on any atom is -0.332 e. The van der Waals surface area contributed by atoms with E-state index in [-0.39, 0.29) is 17.1 Å². The largest absolute Gasteiger partial charge is 0.332 e. The highest BCUT2D eigenvalue weighted by Crippen LogP contribution is 2.16. The number of nitrogens with zero attached hydrogens (tertiary/aromatic N) is 1. The van der Waals surface area contributed by atoms with Crippen molar-refractivity contribution in [3.05, 3.63) is 47.3 Å². The molecule has 0 aromatic heterocycles. The van der Waals surface area contributed by atoms with Crippen LogP contribution < -0.4 is 5.32 Å². The van der Waals surface area contributed by atoms with Crippen molar-refractivity contribution in [3.63, 3.8) is 0 Å². The second-order valence-corrected chi connectivity index (χ2v) is 4.49. The molecule has 5 heteroatoms. The maximum absolute atomic E-state index is 13.2. The molecule has 0 unspecified atom stereocenters. The lowest BCUT2D eigenvalue weighted by Crippen LogP contribution is -2.40. The first kappa shape index (κ1) is 14.5. The number of carbonyl (C=O) groups excluding carboxylic acids is 1. The topological polar surface area (TPSA) is 32.3 Å². The van der Waals surface area contributed by atoms with Gasteiger partial charge in [0.05, 0.1) is 5.02 Å². The summed E-state index contributed by atoms with van der Waals surface area (Å²) in [5, 5.41) is 2.80. The van der Waals surface area contributed by atoms with Gasteiger partial charge in [0.2, 0.25) is 0 Å². The molecule has 0 fully saturated rings. The molecule has 0 aliphatic rings. The zero-order valence-electron chi connectivity index (χ0n) is 10.4. The molecule has 1 N–H and O–H groups in total. The molecule has 1 rings (SSSR count). The minimum atomic E-state index is -0.484. The van der Waals surface area contributed by atoms with E-state index in [0.29, 0.717) is 12.1 Å². The molecule has 1 atom stereocenters. The van der Waals surface area contributed by atoms with Crippen LogP contribution in [-0.2, 0) is 6.54 Å². The molecule has 0 saturated heterocycles. The fraction of sp³-hybridized carbons (Fsp3) is 0.308. The van der Waals surface area contributed by atoms with E-state index in [1.165, 1.54) is 17.0 Å². The zero-order valence-corrected chi connectivity index (χ0v) is 11.2. The van der Waals surface area contributed by atoms with Crippen molar-refractivity contribution in [2.75, 3.05) is 7.05 Å². The average molecular weight is 271 g/mol. The first-order valence-corrected chi connectivity index (χ1v) is 5.90. The lowest BCUT2D eigenvalue weighted by Gasteiger charge is -2.20. The number of urea groups is 1. The van der Waals surface area contributed by atoms with Crippen LogP contribution in [0.5, 0.6) is 0 Å². The zero-order chi connectivity index (χ0) is 13.7. The average Bonchev–Trinajstić information content (AvgIpc) is 2.33. The summed E-state index contributed by atoms with van der Waals surface area (Å²) in [5.74, 6) is -0.484. The van der Waals surface area contributed by atoms with Crippen molar-refractivity contribution in [2.45, 2.75) is 19.5 Å². The van der Waals surface area contributed by atoms with Crippen LogP contribution in [0.1, 0.15) is 12.5 Å². The number of hydrogen-bond acceptors (Lipinski definition) is 1. The van der Waals surface area contributed by atoms with Gasteiger partial charge in [0.25, 0.3) is 0 Å². The van der Waals surface area contributed by atoms with Gasteiger partial charge >= 0.3 is 6.03 Å². The van der Waals surface area contributed by atoms with Crippen LogP contribution in [0.25, 0.3) is 0 Å². The lowest BCUT2D eigenvalue weighted by atomic mass is 10.2. The molecule has 98 valence electrons. The molecular weight excluding hydrogens is 255 g/mol. The Bertz CT molecular complexity index is 451. The predicted octanol–water partition coefficient (Wildman–Crippen LogP) is 3.20. The Labute approximate surface area is 111 Å². The standard InChI is InChI=1S/C13H16ClFN2O/c1-4-9(2)16-13(18)17(3)8-10-5-6-11(14)12(15)7-10/h4-7,9H,1,8H2,2-3H3,(H,16,18)/t9-/m0/s1. The van der Waals surface area contributed by atoms with E-state index in [9.17, 15) is 9.18 Å². The lowest BCUT2D eigenvalue weighted by molar-refractivity contribution is 0.205. The van der Waals surface area contributed by atoms with Crippen molar-refractivity contribution >= 4 is 17.6 Å². The van der Waals surface area contributed by atoms with Crippen molar-refractivity contribution in [2.24, 2.45) is 0 Å². The van der Waals surface area contributed by atoms with E-state index in [0.717, 1.165) is 0 Å². The van der Waals surface area contributed by atoms with E-state index in [2.05, 4.69) is 11.9 Å². The van der Waals surface area contributed by atoms with E-state index < -0.39 is 5.82 Å². The molecule has 0 radical (unpaired) electrons. The third kappa shape index (κ3) is 4.04. The van der Waals surface area contributed by atoms with Crippen LogP contribution in [0.15, 0.2) is 30.9 Å². The summed E-state index contributed by atoms with van der Waals surface area (Å²) in [7, 11) is 1.64. The normalized spacial score (nSPS) is 11.8. The van der Waals surface area contributed by atoms with Gasteiger partial charge in [-0.15, -0.1) is 6.58 Å². The quantitative estimate of drug-likeness (QED) is 0.838. The smallest absolute Gasteiger partial charge is 0.317 e. The Hall–Kier alpha value is -1.55. The molecule has 1 aromatic rings. The maximum atomic E-state index is 13.2.